The monoisotopic (exact) mass is 239 g/mol. The average molecular weight is 239 g/mol. The fourth-order valence-corrected chi connectivity index (χ4v) is 4.98. The maximum Gasteiger partial charge on any atom is 0.231 e. The molecule has 0 aromatic carbocycles. The minimum absolute atomic E-state index is 0.171. The number of aliphatic hydroxyl groups excluding tert-OH is 1. The summed E-state index contributed by atoms with van der Waals surface area (Å²) in [6.07, 6.45) is 5.36. The highest BCUT2D eigenvalue weighted by molar-refractivity contribution is 5.29. The van der Waals surface area contributed by atoms with Gasteiger partial charge in [-0.3, -0.25) is 0 Å². The average Bonchev–Trinajstić information content (AvgIpc) is 3.06. The Morgan fingerprint density at radius 1 is 1.00 bits per heavy atom. The van der Waals surface area contributed by atoms with E-state index in [-0.39, 0.29) is 16.4 Å². The molecule has 4 fully saturated rings. The van der Waals surface area contributed by atoms with Crippen LogP contribution < -0.4 is 0 Å². The van der Waals surface area contributed by atoms with Gasteiger partial charge in [-0.15, -0.1) is 0 Å². The number of hydrogen-bond donors (Lipinski definition) is 3. The van der Waals surface area contributed by atoms with Crippen LogP contribution in [0.3, 0.4) is 0 Å². The van der Waals surface area contributed by atoms with Gasteiger partial charge in [0, 0.05) is 12.0 Å². The van der Waals surface area contributed by atoms with Gasteiger partial charge in [0.2, 0.25) is 5.91 Å². The second-order valence-corrected chi connectivity index (χ2v) is 6.87. The van der Waals surface area contributed by atoms with Crippen molar-refractivity contribution in [1.82, 2.24) is 4.90 Å². The van der Waals surface area contributed by atoms with Crippen LogP contribution in [0.15, 0.2) is 0 Å². The van der Waals surface area contributed by atoms with Gasteiger partial charge >= 0.3 is 0 Å². The Labute approximate surface area is 101 Å². The number of rotatable bonds is 1. The maximum absolute atomic E-state index is 10.5. The minimum Gasteiger partial charge on any atom is -0.391 e. The van der Waals surface area contributed by atoms with E-state index in [2.05, 4.69) is 0 Å². The number of fused-ring (bicyclic) bond motifs is 2. The standard InChI is InChI=1S/C13H21NO3/c1-9(15)12-8-11(4-5-11)13(16,17)14(12)7-6-10(12)2-3-10/h9,15-17H,2-8H2,1H3/t9?,12-/m0/s1. The molecule has 4 aliphatic rings. The van der Waals surface area contributed by atoms with Crippen molar-refractivity contribution in [3.8, 4) is 0 Å². The molecule has 2 saturated carbocycles. The van der Waals surface area contributed by atoms with Crippen LogP contribution in [0.4, 0.5) is 0 Å². The smallest absolute Gasteiger partial charge is 0.231 e. The molecule has 4 heteroatoms. The Morgan fingerprint density at radius 3 is 2.06 bits per heavy atom. The van der Waals surface area contributed by atoms with Crippen LogP contribution in [0.5, 0.6) is 0 Å². The van der Waals surface area contributed by atoms with Gasteiger partial charge in [-0.2, -0.15) is 0 Å². The first-order chi connectivity index (χ1) is 7.90. The van der Waals surface area contributed by atoms with Gasteiger partial charge in [0.25, 0.3) is 0 Å². The van der Waals surface area contributed by atoms with Crippen molar-refractivity contribution in [2.24, 2.45) is 10.8 Å². The first-order valence-corrected chi connectivity index (χ1v) is 6.81. The summed E-state index contributed by atoms with van der Waals surface area (Å²) in [5.74, 6) is -1.68. The highest BCUT2D eigenvalue weighted by Gasteiger charge is 2.81. The third-order valence-corrected chi connectivity index (χ3v) is 6.31. The Balaban J connectivity index is 1.86. The van der Waals surface area contributed by atoms with E-state index in [9.17, 15) is 15.3 Å². The van der Waals surface area contributed by atoms with Gasteiger partial charge in [-0.25, -0.2) is 4.90 Å². The van der Waals surface area contributed by atoms with Gasteiger partial charge in [-0.1, -0.05) is 0 Å². The highest BCUT2D eigenvalue weighted by Crippen LogP contribution is 2.76. The minimum atomic E-state index is -1.68. The molecule has 2 spiro atoms. The summed E-state index contributed by atoms with van der Waals surface area (Å²) in [5.41, 5.74) is -0.545. The molecular weight excluding hydrogens is 218 g/mol. The molecule has 0 aromatic heterocycles. The zero-order chi connectivity index (χ0) is 12.1. The molecule has 0 amide bonds. The van der Waals surface area contributed by atoms with Crippen molar-refractivity contribution < 1.29 is 15.3 Å². The predicted molar refractivity (Wildman–Crippen MR) is 60.9 cm³/mol. The van der Waals surface area contributed by atoms with Gasteiger partial charge < -0.3 is 15.3 Å². The number of nitrogens with zero attached hydrogens (tertiary/aromatic N) is 1. The molecule has 1 unspecified atom stereocenters. The van der Waals surface area contributed by atoms with Crippen molar-refractivity contribution in [2.45, 2.75) is 63.0 Å². The van der Waals surface area contributed by atoms with E-state index in [4.69, 9.17) is 0 Å². The lowest BCUT2D eigenvalue weighted by molar-refractivity contribution is -0.290. The Morgan fingerprint density at radius 2 is 1.59 bits per heavy atom. The predicted octanol–water partition coefficient (Wildman–Crippen LogP) is 0.414. The third kappa shape index (κ3) is 0.907. The molecule has 96 valence electrons. The fraction of sp³-hybridized carbons (Fsp3) is 1.00. The van der Waals surface area contributed by atoms with E-state index in [1.807, 2.05) is 11.8 Å². The van der Waals surface area contributed by atoms with Gasteiger partial charge in [0.15, 0.2) is 0 Å². The second-order valence-electron chi connectivity index (χ2n) is 6.87. The third-order valence-electron chi connectivity index (χ3n) is 6.31. The van der Waals surface area contributed by atoms with Gasteiger partial charge in [0.05, 0.1) is 11.6 Å². The van der Waals surface area contributed by atoms with Gasteiger partial charge in [0.1, 0.15) is 0 Å². The molecule has 2 aliphatic carbocycles. The number of aliphatic hydroxyl groups is 3. The van der Waals surface area contributed by atoms with Crippen molar-refractivity contribution in [3.63, 3.8) is 0 Å². The summed E-state index contributed by atoms with van der Waals surface area (Å²) in [4.78, 5) is 1.84. The molecule has 0 aromatic rings. The van der Waals surface area contributed by atoms with Crippen LogP contribution in [0.2, 0.25) is 0 Å². The number of hydrogen-bond acceptors (Lipinski definition) is 4. The summed E-state index contributed by atoms with van der Waals surface area (Å²) in [6, 6.07) is 0. The summed E-state index contributed by atoms with van der Waals surface area (Å²) < 4.78 is 0. The van der Waals surface area contributed by atoms with E-state index in [0.717, 1.165) is 45.1 Å². The molecule has 17 heavy (non-hydrogen) atoms. The van der Waals surface area contributed by atoms with Crippen LogP contribution in [-0.4, -0.2) is 44.3 Å². The normalized spacial score (nSPS) is 45.2. The molecule has 2 atom stereocenters. The van der Waals surface area contributed by atoms with Crippen LogP contribution in [-0.2, 0) is 0 Å². The lowest BCUT2D eigenvalue weighted by Crippen LogP contribution is -2.59. The second kappa shape index (κ2) is 2.57. The quantitative estimate of drug-likeness (QED) is 0.580. The molecule has 2 aliphatic heterocycles. The first kappa shape index (κ1) is 10.7. The highest BCUT2D eigenvalue weighted by atomic mass is 16.5. The van der Waals surface area contributed by atoms with E-state index in [1.165, 1.54) is 0 Å². The summed E-state index contributed by atoms with van der Waals surface area (Å²) in [5, 5.41) is 31.3. The van der Waals surface area contributed by atoms with E-state index >= 15 is 0 Å². The van der Waals surface area contributed by atoms with Crippen LogP contribution in [0, 0.1) is 10.8 Å². The molecule has 4 rings (SSSR count). The molecule has 0 radical (unpaired) electrons. The lowest BCUT2D eigenvalue weighted by Gasteiger charge is -2.42. The molecule has 3 N–H and O–H groups in total. The van der Waals surface area contributed by atoms with Crippen molar-refractivity contribution in [1.29, 1.82) is 0 Å². The molecule has 2 heterocycles. The molecule has 4 nitrogen and oxygen atoms in total. The van der Waals surface area contributed by atoms with Crippen LogP contribution in [0.25, 0.3) is 0 Å². The van der Waals surface area contributed by atoms with Crippen molar-refractivity contribution in [3.05, 3.63) is 0 Å². The fourth-order valence-electron chi connectivity index (χ4n) is 4.98. The SMILES string of the molecule is CC(O)[C@]12CC3(CC3)C(O)(O)N1CCC21CC1. The summed E-state index contributed by atoms with van der Waals surface area (Å²) in [7, 11) is 0. The molecule has 2 saturated heterocycles. The zero-order valence-corrected chi connectivity index (χ0v) is 10.3. The topological polar surface area (TPSA) is 63.9 Å². The van der Waals surface area contributed by atoms with E-state index in [1.54, 1.807) is 0 Å². The summed E-state index contributed by atoms with van der Waals surface area (Å²) >= 11 is 0. The molecule has 0 bridgehead atoms. The largest absolute Gasteiger partial charge is 0.391 e. The Bertz CT molecular complexity index is 384. The van der Waals surface area contributed by atoms with Crippen molar-refractivity contribution >= 4 is 0 Å². The lowest BCUT2D eigenvalue weighted by atomic mass is 9.74. The summed E-state index contributed by atoms with van der Waals surface area (Å²) in [6.45, 7) is 2.55. The van der Waals surface area contributed by atoms with Crippen LogP contribution >= 0.6 is 0 Å². The van der Waals surface area contributed by atoms with E-state index < -0.39 is 12.0 Å². The zero-order valence-electron chi connectivity index (χ0n) is 10.3. The van der Waals surface area contributed by atoms with Crippen molar-refractivity contribution in [2.75, 3.05) is 6.54 Å². The first-order valence-electron chi connectivity index (χ1n) is 6.81. The van der Waals surface area contributed by atoms with E-state index in [0.29, 0.717) is 0 Å². The maximum atomic E-state index is 10.5. The Kier molecular flexibility index (Phi) is 1.62. The van der Waals surface area contributed by atoms with Crippen LogP contribution in [0.1, 0.15) is 45.4 Å². The Hall–Kier alpha value is -0.160. The molecular formula is C13H21NO3. The van der Waals surface area contributed by atoms with Gasteiger partial charge in [-0.05, 0) is 50.9 Å².